The lowest BCUT2D eigenvalue weighted by Crippen LogP contribution is -1.99. The fourth-order valence-corrected chi connectivity index (χ4v) is 2.28. The van der Waals surface area contributed by atoms with Crippen LogP contribution in [0.2, 0.25) is 0 Å². The molecule has 1 N–H and O–H groups in total. The largest absolute Gasteiger partial charge is 0.495 e. The van der Waals surface area contributed by atoms with Crippen molar-refractivity contribution in [1.29, 1.82) is 0 Å². The van der Waals surface area contributed by atoms with Gasteiger partial charge in [-0.1, -0.05) is 12.1 Å². The van der Waals surface area contributed by atoms with Gasteiger partial charge >= 0.3 is 0 Å². The third-order valence-corrected chi connectivity index (χ3v) is 3.11. The summed E-state index contributed by atoms with van der Waals surface area (Å²) in [7, 11) is 1.63. The van der Waals surface area contributed by atoms with Gasteiger partial charge in [-0.05, 0) is 24.6 Å². The average Bonchev–Trinajstić information content (AvgIpc) is 2.81. The Morgan fingerprint density at radius 1 is 1.33 bits per heavy atom. The topological polar surface area (TPSA) is 59.7 Å². The van der Waals surface area contributed by atoms with Gasteiger partial charge in [-0.25, -0.2) is 0 Å². The van der Waals surface area contributed by atoms with Gasteiger partial charge in [-0.3, -0.25) is 4.40 Å². The van der Waals surface area contributed by atoms with Gasteiger partial charge in [-0.2, -0.15) is 0 Å². The van der Waals surface area contributed by atoms with Crippen LogP contribution in [0.15, 0.2) is 24.3 Å². The number of ether oxygens (including phenoxy) is 1. The van der Waals surface area contributed by atoms with E-state index >= 15 is 0 Å². The number of fused-ring (bicyclic) bond motifs is 3. The standard InChI is InChI=1S/C13H13N3O2/c1-8-6-11-14-15-12(7-17)16(11)13-9(8)4-3-5-10(13)18-2/h3-6,17H,7H2,1-2H3. The maximum Gasteiger partial charge on any atom is 0.163 e. The van der Waals surface area contributed by atoms with Crippen LogP contribution in [0, 0.1) is 6.92 Å². The molecule has 0 radical (unpaired) electrons. The van der Waals surface area contributed by atoms with E-state index in [2.05, 4.69) is 10.2 Å². The minimum atomic E-state index is -0.155. The van der Waals surface area contributed by atoms with Gasteiger partial charge < -0.3 is 9.84 Å². The van der Waals surface area contributed by atoms with E-state index in [1.54, 1.807) is 7.11 Å². The number of hydrogen-bond donors (Lipinski definition) is 1. The molecule has 0 amide bonds. The zero-order chi connectivity index (χ0) is 12.7. The molecule has 5 heteroatoms. The minimum Gasteiger partial charge on any atom is -0.495 e. The summed E-state index contributed by atoms with van der Waals surface area (Å²) in [6, 6.07) is 7.81. The summed E-state index contributed by atoms with van der Waals surface area (Å²) in [4.78, 5) is 0. The Morgan fingerprint density at radius 2 is 2.17 bits per heavy atom. The molecule has 18 heavy (non-hydrogen) atoms. The lowest BCUT2D eigenvalue weighted by atomic mass is 10.1. The van der Waals surface area contributed by atoms with E-state index in [0.717, 1.165) is 22.2 Å². The van der Waals surface area contributed by atoms with Crippen molar-refractivity contribution in [2.75, 3.05) is 7.11 Å². The number of pyridine rings is 1. The molecule has 0 saturated carbocycles. The highest BCUT2D eigenvalue weighted by atomic mass is 16.5. The van der Waals surface area contributed by atoms with E-state index in [1.807, 2.05) is 35.6 Å². The number of aliphatic hydroxyl groups is 1. The molecule has 2 aromatic heterocycles. The second kappa shape index (κ2) is 3.96. The van der Waals surface area contributed by atoms with Gasteiger partial charge in [-0.15, -0.1) is 10.2 Å². The van der Waals surface area contributed by atoms with Crippen LogP contribution in [0.25, 0.3) is 16.6 Å². The average molecular weight is 243 g/mol. The van der Waals surface area contributed by atoms with Crippen LogP contribution in [0.3, 0.4) is 0 Å². The molecule has 0 spiro atoms. The smallest absolute Gasteiger partial charge is 0.163 e. The quantitative estimate of drug-likeness (QED) is 0.744. The second-order valence-corrected chi connectivity index (χ2v) is 4.15. The third kappa shape index (κ3) is 1.37. The fourth-order valence-electron chi connectivity index (χ4n) is 2.28. The molecule has 0 saturated heterocycles. The normalized spacial score (nSPS) is 11.3. The molecule has 2 heterocycles. The first kappa shape index (κ1) is 11.0. The molecule has 0 aliphatic heterocycles. The van der Waals surface area contributed by atoms with Crippen molar-refractivity contribution in [1.82, 2.24) is 14.6 Å². The molecular formula is C13H13N3O2. The molecule has 3 rings (SSSR count). The number of rotatable bonds is 2. The number of aliphatic hydroxyl groups excluding tert-OH is 1. The van der Waals surface area contributed by atoms with Crippen molar-refractivity contribution in [3.63, 3.8) is 0 Å². The summed E-state index contributed by atoms with van der Waals surface area (Å²) in [6.07, 6.45) is 0. The molecular weight excluding hydrogens is 230 g/mol. The van der Waals surface area contributed by atoms with E-state index in [-0.39, 0.29) is 6.61 Å². The Kier molecular flexibility index (Phi) is 2.41. The molecule has 0 bridgehead atoms. The molecule has 0 aliphatic carbocycles. The molecule has 0 fully saturated rings. The van der Waals surface area contributed by atoms with Crippen molar-refractivity contribution in [3.05, 3.63) is 35.7 Å². The van der Waals surface area contributed by atoms with Gasteiger partial charge in [0, 0.05) is 5.39 Å². The SMILES string of the molecule is COc1cccc2c(C)cc3nnc(CO)n3c12. The van der Waals surface area contributed by atoms with E-state index in [9.17, 15) is 5.11 Å². The summed E-state index contributed by atoms with van der Waals surface area (Å²) in [6.45, 7) is 1.87. The van der Waals surface area contributed by atoms with E-state index in [1.165, 1.54) is 0 Å². The van der Waals surface area contributed by atoms with Crippen molar-refractivity contribution in [2.45, 2.75) is 13.5 Å². The molecule has 0 atom stereocenters. The van der Waals surface area contributed by atoms with E-state index in [0.29, 0.717) is 11.5 Å². The number of hydrogen-bond acceptors (Lipinski definition) is 4. The fraction of sp³-hybridized carbons (Fsp3) is 0.231. The first-order valence-corrected chi connectivity index (χ1v) is 5.67. The van der Waals surface area contributed by atoms with E-state index < -0.39 is 0 Å². The van der Waals surface area contributed by atoms with Gasteiger partial charge in [0.15, 0.2) is 11.5 Å². The Labute approximate surface area is 104 Å². The van der Waals surface area contributed by atoms with Crippen molar-refractivity contribution in [2.24, 2.45) is 0 Å². The predicted molar refractivity (Wildman–Crippen MR) is 67.7 cm³/mol. The van der Waals surface area contributed by atoms with Crippen LogP contribution in [-0.2, 0) is 6.61 Å². The van der Waals surface area contributed by atoms with Gasteiger partial charge in [0.05, 0.1) is 12.6 Å². The summed E-state index contributed by atoms with van der Waals surface area (Å²) in [5.74, 6) is 1.26. The van der Waals surface area contributed by atoms with Crippen molar-refractivity contribution in [3.8, 4) is 5.75 Å². The number of aryl methyl sites for hydroxylation is 1. The summed E-state index contributed by atoms with van der Waals surface area (Å²) in [5.41, 5.74) is 2.71. The highest BCUT2D eigenvalue weighted by Crippen LogP contribution is 2.29. The molecule has 92 valence electrons. The lowest BCUT2D eigenvalue weighted by Gasteiger charge is -2.10. The molecule has 0 unspecified atom stereocenters. The number of aromatic nitrogens is 3. The second-order valence-electron chi connectivity index (χ2n) is 4.15. The summed E-state index contributed by atoms with van der Waals surface area (Å²) < 4.78 is 7.24. The highest BCUT2D eigenvalue weighted by Gasteiger charge is 2.13. The first-order valence-electron chi connectivity index (χ1n) is 5.67. The molecule has 1 aromatic carbocycles. The zero-order valence-electron chi connectivity index (χ0n) is 10.2. The van der Waals surface area contributed by atoms with Crippen LogP contribution in [-0.4, -0.2) is 26.8 Å². The zero-order valence-corrected chi connectivity index (χ0v) is 10.2. The lowest BCUT2D eigenvalue weighted by molar-refractivity contribution is 0.270. The monoisotopic (exact) mass is 243 g/mol. The van der Waals surface area contributed by atoms with Crippen LogP contribution in [0.5, 0.6) is 5.75 Å². The van der Waals surface area contributed by atoms with Crippen LogP contribution in [0.1, 0.15) is 11.4 Å². The van der Waals surface area contributed by atoms with Crippen molar-refractivity contribution < 1.29 is 9.84 Å². The molecule has 0 aliphatic rings. The maximum atomic E-state index is 9.35. The van der Waals surface area contributed by atoms with Gasteiger partial charge in [0.25, 0.3) is 0 Å². The Hall–Kier alpha value is -2.14. The third-order valence-electron chi connectivity index (χ3n) is 3.11. The Morgan fingerprint density at radius 3 is 2.89 bits per heavy atom. The van der Waals surface area contributed by atoms with Gasteiger partial charge in [0.1, 0.15) is 12.4 Å². The van der Waals surface area contributed by atoms with Crippen LogP contribution < -0.4 is 4.74 Å². The van der Waals surface area contributed by atoms with Crippen molar-refractivity contribution >= 4 is 16.6 Å². The molecule has 5 nitrogen and oxygen atoms in total. The number of benzene rings is 1. The highest BCUT2D eigenvalue weighted by molar-refractivity contribution is 5.90. The van der Waals surface area contributed by atoms with Gasteiger partial charge in [0.2, 0.25) is 0 Å². The predicted octanol–water partition coefficient (Wildman–Crippen LogP) is 1.69. The van der Waals surface area contributed by atoms with Crippen LogP contribution in [0.4, 0.5) is 0 Å². The van der Waals surface area contributed by atoms with E-state index in [4.69, 9.17) is 4.74 Å². The molecule has 3 aromatic rings. The summed E-state index contributed by atoms with van der Waals surface area (Å²) in [5, 5.41) is 18.5. The van der Waals surface area contributed by atoms with Crippen LogP contribution >= 0.6 is 0 Å². The number of para-hydroxylation sites is 1. The maximum absolute atomic E-state index is 9.35. The first-order chi connectivity index (χ1) is 8.76. The summed E-state index contributed by atoms with van der Waals surface area (Å²) >= 11 is 0. The number of methoxy groups -OCH3 is 1. The Bertz CT molecular complexity index is 734. The number of nitrogens with zero attached hydrogens (tertiary/aromatic N) is 3. The minimum absolute atomic E-state index is 0.155. The Balaban J connectivity index is 2.60.